The molecule has 3 heterocycles. The molecule has 1 saturated heterocycles. The number of nitrogen functional groups attached to an aromatic ring is 1. The Balaban J connectivity index is 2.10. The van der Waals surface area contributed by atoms with Crippen molar-refractivity contribution in [3.05, 3.63) is 17.6 Å². The van der Waals surface area contributed by atoms with Gasteiger partial charge in [-0.25, -0.2) is 18.9 Å². The summed E-state index contributed by atoms with van der Waals surface area (Å²) in [6.45, 7) is 2.65. The fourth-order valence-electron chi connectivity index (χ4n) is 2.53. The molecule has 0 unspecified atom stereocenters. The number of anilines is 1. The van der Waals surface area contributed by atoms with Gasteiger partial charge >= 0.3 is 0 Å². The molecule has 9 heteroatoms. The standard InChI is InChI=1S/C12H16FN5O3/c1-5-10-15-3-6(18(10)17-11(14)16-5)8-7(13)9(20)12(2,4-19)21-8/h3,7-9,19-20H,4H2,1-2H3,(H2,14,17)/t7-,8-,9-,12+/m0/s1. The number of imidazole rings is 1. The van der Waals surface area contributed by atoms with Crippen LogP contribution in [0.2, 0.25) is 0 Å². The number of fused-ring (bicyclic) bond motifs is 1. The highest BCUT2D eigenvalue weighted by molar-refractivity contribution is 5.46. The molecule has 0 aliphatic carbocycles. The van der Waals surface area contributed by atoms with Crippen LogP contribution in [0.1, 0.15) is 24.4 Å². The fraction of sp³-hybridized carbons (Fsp3) is 0.583. The molecule has 0 saturated carbocycles. The van der Waals surface area contributed by atoms with E-state index in [0.29, 0.717) is 17.0 Å². The molecule has 0 spiro atoms. The van der Waals surface area contributed by atoms with Crippen LogP contribution in [0.4, 0.5) is 10.3 Å². The monoisotopic (exact) mass is 297 g/mol. The number of hydrogen-bond acceptors (Lipinski definition) is 7. The second-order valence-corrected chi connectivity index (χ2v) is 5.37. The predicted molar refractivity (Wildman–Crippen MR) is 70.2 cm³/mol. The van der Waals surface area contributed by atoms with Gasteiger partial charge in [0.05, 0.1) is 24.2 Å². The molecule has 1 fully saturated rings. The van der Waals surface area contributed by atoms with Gasteiger partial charge in [-0.05, 0) is 13.8 Å². The number of nitrogens with zero attached hydrogens (tertiary/aromatic N) is 4. The number of rotatable bonds is 2. The van der Waals surface area contributed by atoms with Crippen LogP contribution in [0.25, 0.3) is 5.65 Å². The molecule has 4 atom stereocenters. The summed E-state index contributed by atoms with van der Waals surface area (Å²) in [6.07, 6.45) is -2.85. The Labute approximate surface area is 119 Å². The highest BCUT2D eigenvalue weighted by Crippen LogP contribution is 2.41. The van der Waals surface area contributed by atoms with Gasteiger partial charge in [-0.2, -0.15) is 0 Å². The fourth-order valence-corrected chi connectivity index (χ4v) is 2.53. The Morgan fingerprint density at radius 3 is 2.90 bits per heavy atom. The minimum absolute atomic E-state index is 0.0260. The smallest absolute Gasteiger partial charge is 0.238 e. The highest BCUT2D eigenvalue weighted by Gasteiger charge is 2.53. The van der Waals surface area contributed by atoms with E-state index in [0.717, 1.165) is 0 Å². The van der Waals surface area contributed by atoms with E-state index < -0.39 is 30.6 Å². The lowest BCUT2D eigenvalue weighted by Gasteiger charge is -2.24. The summed E-state index contributed by atoms with van der Waals surface area (Å²) in [5, 5.41) is 23.2. The Hall–Kier alpha value is -1.84. The maximum Gasteiger partial charge on any atom is 0.238 e. The molecule has 3 rings (SSSR count). The average Bonchev–Trinajstić information content (AvgIpc) is 2.95. The first kappa shape index (κ1) is 14.1. The molecule has 0 bridgehead atoms. The number of nitrogens with two attached hydrogens (primary N) is 1. The van der Waals surface area contributed by atoms with Crippen molar-refractivity contribution in [1.29, 1.82) is 0 Å². The van der Waals surface area contributed by atoms with E-state index in [1.807, 2.05) is 0 Å². The molecule has 0 amide bonds. The van der Waals surface area contributed by atoms with Crippen molar-refractivity contribution in [2.75, 3.05) is 12.3 Å². The lowest BCUT2D eigenvalue weighted by atomic mass is 9.98. The number of hydrogen-bond donors (Lipinski definition) is 3. The summed E-state index contributed by atoms with van der Waals surface area (Å²) < 4.78 is 21.2. The van der Waals surface area contributed by atoms with E-state index in [4.69, 9.17) is 10.5 Å². The van der Waals surface area contributed by atoms with Crippen molar-refractivity contribution >= 4 is 11.6 Å². The first-order valence-electron chi connectivity index (χ1n) is 6.46. The third-order valence-electron chi connectivity index (χ3n) is 3.79. The number of aliphatic hydroxyl groups is 2. The second kappa shape index (κ2) is 4.58. The van der Waals surface area contributed by atoms with Crippen LogP contribution in [0.15, 0.2) is 6.20 Å². The van der Waals surface area contributed by atoms with Crippen molar-refractivity contribution in [2.45, 2.75) is 37.8 Å². The molecular weight excluding hydrogens is 281 g/mol. The minimum Gasteiger partial charge on any atom is -0.393 e. The molecule has 0 radical (unpaired) electrons. The molecule has 1 aliphatic rings. The zero-order valence-electron chi connectivity index (χ0n) is 11.6. The lowest BCUT2D eigenvalue weighted by molar-refractivity contribution is -0.100. The Bertz CT molecular complexity index is 693. The number of ether oxygens (including phenoxy) is 1. The first-order chi connectivity index (χ1) is 9.87. The normalized spacial score (nSPS) is 32.9. The van der Waals surface area contributed by atoms with Crippen LogP contribution >= 0.6 is 0 Å². The van der Waals surface area contributed by atoms with E-state index in [1.165, 1.54) is 17.6 Å². The number of alkyl halides is 1. The molecule has 2 aromatic heterocycles. The van der Waals surface area contributed by atoms with Crippen LogP contribution in [-0.4, -0.2) is 54.3 Å². The topological polar surface area (TPSA) is 119 Å². The minimum atomic E-state index is -1.71. The molecule has 1 aliphatic heterocycles. The number of aliphatic hydroxyl groups excluding tert-OH is 2. The molecule has 21 heavy (non-hydrogen) atoms. The number of aromatic nitrogens is 4. The Morgan fingerprint density at radius 1 is 1.57 bits per heavy atom. The highest BCUT2D eigenvalue weighted by atomic mass is 19.1. The summed E-state index contributed by atoms with van der Waals surface area (Å²) >= 11 is 0. The van der Waals surface area contributed by atoms with Crippen molar-refractivity contribution < 1.29 is 19.3 Å². The summed E-state index contributed by atoms with van der Waals surface area (Å²) in [7, 11) is 0. The average molecular weight is 297 g/mol. The van der Waals surface area contributed by atoms with Gasteiger partial charge < -0.3 is 20.7 Å². The van der Waals surface area contributed by atoms with Crippen molar-refractivity contribution in [3.8, 4) is 0 Å². The van der Waals surface area contributed by atoms with Crippen molar-refractivity contribution in [3.63, 3.8) is 0 Å². The maximum absolute atomic E-state index is 14.4. The van der Waals surface area contributed by atoms with E-state index in [-0.39, 0.29) is 5.95 Å². The van der Waals surface area contributed by atoms with Gasteiger partial charge in [0.1, 0.15) is 17.8 Å². The Morgan fingerprint density at radius 2 is 2.29 bits per heavy atom. The Kier molecular flexibility index (Phi) is 3.08. The number of aryl methyl sites for hydroxylation is 1. The third kappa shape index (κ3) is 1.96. The van der Waals surface area contributed by atoms with E-state index >= 15 is 0 Å². The SMILES string of the molecule is Cc1nc(N)nn2c([C@@H]3O[C@](C)(CO)[C@@H](O)[C@H]3F)cnc12. The van der Waals surface area contributed by atoms with Gasteiger partial charge in [0.2, 0.25) is 5.95 Å². The number of halogens is 1. The van der Waals surface area contributed by atoms with Crippen LogP contribution in [0, 0.1) is 6.92 Å². The first-order valence-corrected chi connectivity index (χ1v) is 6.46. The van der Waals surface area contributed by atoms with Crippen LogP contribution < -0.4 is 5.73 Å². The summed E-state index contributed by atoms with van der Waals surface area (Å²) in [4.78, 5) is 8.11. The second-order valence-electron chi connectivity index (χ2n) is 5.37. The molecule has 114 valence electrons. The largest absolute Gasteiger partial charge is 0.393 e. The summed E-state index contributed by atoms with van der Waals surface area (Å²) in [5.41, 5.74) is 5.52. The van der Waals surface area contributed by atoms with Gasteiger partial charge in [-0.1, -0.05) is 0 Å². The van der Waals surface area contributed by atoms with Crippen LogP contribution in [-0.2, 0) is 4.74 Å². The van der Waals surface area contributed by atoms with Gasteiger partial charge in [-0.15, -0.1) is 5.10 Å². The predicted octanol–water partition coefficient (Wildman–Crippen LogP) is -0.464. The third-order valence-corrected chi connectivity index (χ3v) is 3.79. The van der Waals surface area contributed by atoms with Crippen LogP contribution in [0.3, 0.4) is 0 Å². The van der Waals surface area contributed by atoms with Crippen LogP contribution in [0.5, 0.6) is 0 Å². The van der Waals surface area contributed by atoms with Crippen molar-refractivity contribution in [1.82, 2.24) is 19.6 Å². The van der Waals surface area contributed by atoms with E-state index in [9.17, 15) is 14.6 Å². The van der Waals surface area contributed by atoms with E-state index in [1.54, 1.807) is 6.92 Å². The lowest BCUT2D eigenvalue weighted by Crippen LogP contribution is -2.42. The molecular formula is C12H16FN5O3. The van der Waals surface area contributed by atoms with E-state index in [2.05, 4.69) is 15.1 Å². The van der Waals surface area contributed by atoms with Gasteiger partial charge in [0, 0.05) is 0 Å². The molecule has 2 aromatic rings. The van der Waals surface area contributed by atoms with Gasteiger partial charge in [-0.3, -0.25) is 0 Å². The van der Waals surface area contributed by atoms with Crippen molar-refractivity contribution in [2.24, 2.45) is 0 Å². The summed E-state index contributed by atoms with van der Waals surface area (Å²) in [6, 6.07) is 0. The molecule has 8 nitrogen and oxygen atoms in total. The maximum atomic E-state index is 14.4. The van der Waals surface area contributed by atoms with Gasteiger partial charge in [0.15, 0.2) is 11.8 Å². The summed E-state index contributed by atoms with van der Waals surface area (Å²) in [5.74, 6) is 0.0260. The quantitative estimate of drug-likeness (QED) is 0.686. The zero-order valence-corrected chi connectivity index (χ0v) is 11.6. The molecule has 0 aromatic carbocycles. The zero-order chi connectivity index (χ0) is 15.4. The van der Waals surface area contributed by atoms with Gasteiger partial charge in [0.25, 0.3) is 0 Å². The molecule has 4 N–H and O–H groups in total.